The summed E-state index contributed by atoms with van der Waals surface area (Å²) in [6, 6.07) is 5.05. The second-order valence-electron chi connectivity index (χ2n) is 6.03. The van der Waals surface area contributed by atoms with E-state index in [1.807, 2.05) is 39.0 Å². The average Bonchev–Trinajstić information content (AvgIpc) is 2.73. The molecule has 0 bridgehead atoms. The van der Waals surface area contributed by atoms with Gasteiger partial charge in [-0.05, 0) is 38.8 Å². The molecule has 1 aromatic heterocycles. The van der Waals surface area contributed by atoms with Crippen LogP contribution in [0.5, 0.6) is 0 Å². The molecule has 22 heavy (non-hydrogen) atoms. The van der Waals surface area contributed by atoms with Crippen LogP contribution in [-0.2, 0) is 9.59 Å². The zero-order chi connectivity index (χ0) is 16.0. The normalized spacial score (nSPS) is 19.0. The molecule has 0 saturated carbocycles. The van der Waals surface area contributed by atoms with Crippen LogP contribution in [0.2, 0.25) is 0 Å². The first kappa shape index (κ1) is 14.6. The Morgan fingerprint density at radius 2 is 1.95 bits per heavy atom. The highest BCUT2D eigenvalue weighted by molar-refractivity contribution is 6.00. The number of para-hydroxylation sites is 1. The van der Waals surface area contributed by atoms with Crippen molar-refractivity contribution in [3.05, 3.63) is 34.2 Å². The van der Waals surface area contributed by atoms with Crippen molar-refractivity contribution < 1.29 is 9.59 Å². The number of fused-ring (bicyclic) bond motifs is 1. The van der Waals surface area contributed by atoms with E-state index in [-0.39, 0.29) is 24.1 Å². The Labute approximate surface area is 127 Å². The fraction of sp³-hybridized carbons (Fsp3) is 0.438. The summed E-state index contributed by atoms with van der Waals surface area (Å²) in [5, 5.41) is 2.33. The predicted molar refractivity (Wildman–Crippen MR) is 82.7 cm³/mol. The van der Waals surface area contributed by atoms with E-state index >= 15 is 0 Å². The lowest BCUT2D eigenvalue weighted by Crippen LogP contribution is -2.44. The Kier molecular flexibility index (Phi) is 3.39. The molecule has 0 aliphatic carbocycles. The van der Waals surface area contributed by atoms with Gasteiger partial charge in [0, 0.05) is 12.5 Å². The highest BCUT2D eigenvalue weighted by atomic mass is 16.2. The molecular weight excluding hydrogens is 282 g/mol. The summed E-state index contributed by atoms with van der Waals surface area (Å²) < 4.78 is 3.25. The van der Waals surface area contributed by atoms with Gasteiger partial charge < -0.3 is 0 Å². The summed E-state index contributed by atoms with van der Waals surface area (Å²) >= 11 is 0. The number of hydrogen-bond donors (Lipinski definition) is 1. The van der Waals surface area contributed by atoms with E-state index < -0.39 is 11.9 Å². The van der Waals surface area contributed by atoms with E-state index in [1.54, 1.807) is 4.57 Å². The van der Waals surface area contributed by atoms with Crippen LogP contribution in [0.15, 0.2) is 23.0 Å². The molecule has 1 atom stereocenters. The Morgan fingerprint density at radius 3 is 2.59 bits per heavy atom. The highest BCUT2D eigenvalue weighted by Crippen LogP contribution is 2.26. The van der Waals surface area contributed by atoms with Crippen molar-refractivity contribution in [3.8, 4) is 0 Å². The van der Waals surface area contributed by atoms with Crippen molar-refractivity contribution in [1.82, 2.24) is 14.5 Å². The number of amides is 2. The zero-order valence-electron chi connectivity index (χ0n) is 12.9. The first-order valence-corrected chi connectivity index (χ1v) is 7.47. The molecule has 1 saturated heterocycles. The van der Waals surface area contributed by atoms with Crippen molar-refractivity contribution in [1.29, 1.82) is 0 Å². The van der Waals surface area contributed by atoms with Crippen LogP contribution in [0.3, 0.4) is 0 Å². The van der Waals surface area contributed by atoms with Crippen LogP contribution < -0.4 is 11.0 Å². The molecule has 116 valence electrons. The molecule has 1 fully saturated rings. The summed E-state index contributed by atoms with van der Waals surface area (Å²) in [5.74, 6) is -0.680. The first-order valence-electron chi connectivity index (χ1n) is 7.47. The summed E-state index contributed by atoms with van der Waals surface area (Å²) in [7, 11) is 0. The summed E-state index contributed by atoms with van der Waals surface area (Å²) in [4.78, 5) is 36.4. The minimum atomic E-state index is -0.630. The lowest BCUT2D eigenvalue weighted by Gasteiger charge is -2.22. The van der Waals surface area contributed by atoms with Crippen LogP contribution in [0.4, 0.5) is 0 Å². The molecule has 1 unspecified atom stereocenters. The van der Waals surface area contributed by atoms with Crippen LogP contribution in [0.25, 0.3) is 11.0 Å². The average molecular weight is 301 g/mol. The zero-order valence-corrected chi connectivity index (χ0v) is 12.9. The number of nitrogens with zero attached hydrogens (tertiary/aromatic N) is 2. The van der Waals surface area contributed by atoms with E-state index in [4.69, 9.17) is 0 Å². The van der Waals surface area contributed by atoms with Gasteiger partial charge in [-0.2, -0.15) is 0 Å². The maximum atomic E-state index is 12.9. The number of rotatable bonds is 2. The standard InChI is InChI=1S/C16H19N3O3/c1-9(2)18-14-10(3)5-4-6-11(14)19(16(18)22)12-7-8-13(20)17-15(12)21/h4-6,9,12H,7-8H2,1-3H3,(H,17,20,21). The second kappa shape index (κ2) is 5.12. The largest absolute Gasteiger partial charge is 0.330 e. The lowest BCUT2D eigenvalue weighted by atomic mass is 10.1. The minimum Gasteiger partial charge on any atom is -0.295 e. The number of aromatic nitrogens is 2. The molecule has 2 aromatic rings. The van der Waals surface area contributed by atoms with Gasteiger partial charge in [-0.25, -0.2) is 4.79 Å². The summed E-state index contributed by atoms with van der Waals surface area (Å²) in [6.07, 6.45) is 0.610. The Morgan fingerprint density at radius 1 is 1.23 bits per heavy atom. The number of imidazole rings is 1. The Hall–Kier alpha value is -2.37. The molecular formula is C16H19N3O3. The van der Waals surface area contributed by atoms with Crippen molar-refractivity contribution in [2.75, 3.05) is 0 Å². The van der Waals surface area contributed by atoms with E-state index in [2.05, 4.69) is 5.32 Å². The minimum absolute atomic E-state index is 0.00867. The van der Waals surface area contributed by atoms with Gasteiger partial charge in [0.15, 0.2) is 0 Å². The molecule has 3 rings (SSSR count). The van der Waals surface area contributed by atoms with E-state index in [0.29, 0.717) is 6.42 Å². The number of aryl methyl sites for hydroxylation is 1. The van der Waals surface area contributed by atoms with Crippen molar-refractivity contribution in [2.45, 2.75) is 45.7 Å². The summed E-state index contributed by atoms with van der Waals surface area (Å²) in [5.41, 5.74) is 2.39. The van der Waals surface area contributed by atoms with E-state index in [1.165, 1.54) is 4.57 Å². The SMILES string of the molecule is Cc1cccc2c1n(C(C)C)c(=O)n2C1CCC(=O)NC1=O. The number of nitrogens with one attached hydrogen (secondary N) is 1. The molecule has 6 nitrogen and oxygen atoms in total. The first-order chi connectivity index (χ1) is 10.4. The molecule has 0 spiro atoms. The molecule has 1 aliphatic heterocycles. The topological polar surface area (TPSA) is 73.1 Å². The van der Waals surface area contributed by atoms with Crippen LogP contribution in [-0.4, -0.2) is 20.9 Å². The van der Waals surface area contributed by atoms with Crippen LogP contribution in [0, 0.1) is 6.92 Å². The van der Waals surface area contributed by atoms with Crippen molar-refractivity contribution in [2.24, 2.45) is 0 Å². The monoisotopic (exact) mass is 301 g/mol. The maximum absolute atomic E-state index is 12.9. The van der Waals surface area contributed by atoms with Crippen molar-refractivity contribution in [3.63, 3.8) is 0 Å². The number of carbonyl (C=O) groups excluding carboxylic acids is 2. The maximum Gasteiger partial charge on any atom is 0.330 e. The Bertz CT molecular complexity index is 829. The third-order valence-corrected chi connectivity index (χ3v) is 4.17. The number of carbonyl (C=O) groups is 2. The van der Waals surface area contributed by atoms with Crippen LogP contribution in [0.1, 0.15) is 44.3 Å². The van der Waals surface area contributed by atoms with Gasteiger partial charge in [0.05, 0.1) is 11.0 Å². The number of hydrogen-bond acceptors (Lipinski definition) is 3. The molecule has 1 aliphatic rings. The van der Waals surface area contributed by atoms with E-state index in [9.17, 15) is 14.4 Å². The van der Waals surface area contributed by atoms with Crippen LogP contribution >= 0.6 is 0 Å². The number of benzene rings is 1. The Balaban J connectivity index is 2.29. The van der Waals surface area contributed by atoms with Gasteiger partial charge in [-0.15, -0.1) is 0 Å². The van der Waals surface area contributed by atoms with Gasteiger partial charge in [0.25, 0.3) is 0 Å². The molecule has 2 amide bonds. The van der Waals surface area contributed by atoms with Gasteiger partial charge in [-0.1, -0.05) is 12.1 Å². The fourth-order valence-corrected chi connectivity index (χ4v) is 3.17. The highest BCUT2D eigenvalue weighted by Gasteiger charge is 2.32. The van der Waals surface area contributed by atoms with Gasteiger partial charge in [0.2, 0.25) is 11.8 Å². The second-order valence-corrected chi connectivity index (χ2v) is 6.03. The fourth-order valence-electron chi connectivity index (χ4n) is 3.17. The van der Waals surface area contributed by atoms with E-state index in [0.717, 1.165) is 16.6 Å². The number of imide groups is 1. The molecule has 6 heteroatoms. The lowest BCUT2D eigenvalue weighted by molar-refractivity contribution is -0.135. The quantitative estimate of drug-likeness (QED) is 0.858. The van der Waals surface area contributed by atoms with Crippen molar-refractivity contribution >= 4 is 22.8 Å². The molecule has 1 aromatic carbocycles. The smallest absolute Gasteiger partial charge is 0.295 e. The van der Waals surface area contributed by atoms with Gasteiger partial charge >= 0.3 is 5.69 Å². The third-order valence-electron chi connectivity index (χ3n) is 4.17. The third kappa shape index (κ3) is 2.06. The van der Waals surface area contributed by atoms with Gasteiger partial charge in [0.1, 0.15) is 6.04 Å². The predicted octanol–water partition coefficient (Wildman–Crippen LogP) is 1.67. The molecule has 0 radical (unpaired) electrons. The van der Waals surface area contributed by atoms with Gasteiger partial charge in [-0.3, -0.25) is 24.0 Å². The molecule has 2 heterocycles. The molecule has 1 N–H and O–H groups in total. The number of piperidine rings is 1. The summed E-state index contributed by atoms with van der Waals surface area (Å²) in [6.45, 7) is 5.85.